The van der Waals surface area contributed by atoms with E-state index in [9.17, 15) is 23.3 Å². The monoisotopic (exact) mass is 486 g/mol. The number of hydrazone groups is 1. The first-order valence-corrected chi connectivity index (χ1v) is 11.4. The average molecular weight is 487 g/mol. The lowest BCUT2D eigenvalue weighted by Crippen LogP contribution is -2.40. The first kappa shape index (κ1) is 23.9. The molecule has 0 saturated carbocycles. The van der Waals surface area contributed by atoms with Crippen molar-refractivity contribution in [2.45, 2.75) is 11.8 Å². The minimum Gasteiger partial charge on any atom is -0.271 e. The van der Waals surface area contributed by atoms with Gasteiger partial charge < -0.3 is 0 Å². The molecule has 0 fully saturated rings. The SMILES string of the molecule is Cc1c(Cl)cccc1N(CC(=O)N/N=C\c1ccccc1[N+](=O)[O-])S(=O)(=O)c1ccccc1. The smallest absolute Gasteiger partial charge is 0.271 e. The van der Waals surface area contributed by atoms with Gasteiger partial charge in [-0.15, -0.1) is 0 Å². The van der Waals surface area contributed by atoms with Crippen LogP contribution < -0.4 is 9.73 Å². The predicted molar refractivity (Wildman–Crippen MR) is 126 cm³/mol. The molecule has 0 radical (unpaired) electrons. The number of halogens is 1. The van der Waals surface area contributed by atoms with Crippen molar-refractivity contribution in [3.8, 4) is 0 Å². The summed E-state index contributed by atoms with van der Waals surface area (Å²) < 4.78 is 27.6. The van der Waals surface area contributed by atoms with Gasteiger partial charge in [-0.3, -0.25) is 19.2 Å². The molecule has 0 aliphatic carbocycles. The maximum Gasteiger partial charge on any atom is 0.278 e. The lowest BCUT2D eigenvalue weighted by atomic mass is 10.2. The Hall–Kier alpha value is -3.76. The van der Waals surface area contributed by atoms with E-state index in [0.717, 1.165) is 10.5 Å². The molecular formula is C22H19ClN4O5S. The summed E-state index contributed by atoms with van der Waals surface area (Å²) in [4.78, 5) is 23.1. The van der Waals surface area contributed by atoms with E-state index in [4.69, 9.17) is 11.6 Å². The molecule has 3 rings (SSSR count). The fraction of sp³-hybridized carbons (Fsp3) is 0.0909. The van der Waals surface area contributed by atoms with Gasteiger partial charge in [-0.05, 0) is 42.8 Å². The minimum atomic E-state index is -4.11. The van der Waals surface area contributed by atoms with Crippen LogP contribution in [0.25, 0.3) is 0 Å². The van der Waals surface area contributed by atoms with E-state index in [0.29, 0.717) is 10.6 Å². The summed E-state index contributed by atoms with van der Waals surface area (Å²) in [5.41, 5.74) is 2.95. The molecule has 0 heterocycles. The number of nitro groups is 1. The zero-order chi connectivity index (χ0) is 24.0. The van der Waals surface area contributed by atoms with Crippen LogP contribution in [0, 0.1) is 17.0 Å². The summed E-state index contributed by atoms with van der Waals surface area (Å²) in [6.07, 6.45) is 1.12. The second kappa shape index (κ2) is 10.2. The Kier molecular flexibility index (Phi) is 7.41. The molecule has 11 heteroatoms. The van der Waals surface area contributed by atoms with Crippen LogP contribution in [-0.4, -0.2) is 32.0 Å². The Morgan fingerprint density at radius 2 is 1.76 bits per heavy atom. The van der Waals surface area contributed by atoms with Gasteiger partial charge in [-0.25, -0.2) is 13.8 Å². The van der Waals surface area contributed by atoms with Crippen molar-refractivity contribution in [2.24, 2.45) is 5.10 Å². The highest BCUT2D eigenvalue weighted by atomic mass is 35.5. The van der Waals surface area contributed by atoms with E-state index in [1.807, 2.05) is 0 Å². The number of nitrogens with zero attached hydrogens (tertiary/aromatic N) is 3. The Bertz CT molecular complexity index is 1310. The molecule has 170 valence electrons. The van der Waals surface area contributed by atoms with Gasteiger partial charge in [0.2, 0.25) is 0 Å². The van der Waals surface area contributed by atoms with Crippen molar-refractivity contribution in [1.29, 1.82) is 0 Å². The summed E-state index contributed by atoms with van der Waals surface area (Å²) in [5.74, 6) is -0.747. The molecule has 1 amide bonds. The van der Waals surface area contributed by atoms with E-state index >= 15 is 0 Å². The molecular weight excluding hydrogens is 468 g/mol. The molecule has 0 aliphatic rings. The highest BCUT2D eigenvalue weighted by Crippen LogP contribution is 2.30. The third-order valence-electron chi connectivity index (χ3n) is 4.65. The topological polar surface area (TPSA) is 122 Å². The molecule has 3 aromatic carbocycles. The number of nitrogens with one attached hydrogen (secondary N) is 1. The van der Waals surface area contributed by atoms with Crippen molar-refractivity contribution in [3.05, 3.63) is 99.1 Å². The highest BCUT2D eigenvalue weighted by Gasteiger charge is 2.28. The third kappa shape index (κ3) is 5.54. The summed E-state index contributed by atoms with van der Waals surface area (Å²) in [7, 11) is -4.11. The van der Waals surface area contributed by atoms with Crippen LogP contribution in [0.15, 0.2) is 82.8 Å². The minimum absolute atomic E-state index is 0.000544. The normalized spacial score (nSPS) is 11.3. The number of nitro benzene ring substituents is 1. The molecule has 0 aliphatic heterocycles. The Morgan fingerprint density at radius 1 is 1.09 bits per heavy atom. The zero-order valence-corrected chi connectivity index (χ0v) is 19.0. The van der Waals surface area contributed by atoms with Crippen LogP contribution in [0.2, 0.25) is 5.02 Å². The zero-order valence-electron chi connectivity index (χ0n) is 17.4. The molecule has 9 nitrogen and oxygen atoms in total. The number of hydrogen-bond acceptors (Lipinski definition) is 6. The Morgan fingerprint density at radius 3 is 2.45 bits per heavy atom. The van der Waals surface area contributed by atoms with Gasteiger partial charge >= 0.3 is 0 Å². The van der Waals surface area contributed by atoms with Crippen LogP contribution in [0.5, 0.6) is 0 Å². The molecule has 0 atom stereocenters. The van der Waals surface area contributed by atoms with Crippen LogP contribution in [-0.2, 0) is 14.8 Å². The van der Waals surface area contributed by atoms with Gasteiger partial charge in [0.05, 0.1) is 27.3 Å². The molecule has 0 saturated heterocycles. The molecule has 0 spiro atoms. The van der Waals surface area contributed by atoms with Gasteiger partial charge in [0.1, 0.15) is 6.54 Å². The van der Waals surface area contributed by atoms with E-state index in [2.05, 4.69) is 10.5 Å². The first-order valence-electron chi connectivity index (χ1n) is 9.60. The quantitative estimate of drug-likeness (QED) is 0.294. The standard InChI is InChI=1S/C22H19ClN4O5S/c1-16-19(23)11-7-13-20(16)26(33(31,32)18-9-3-2-4-10-18)15-22(28)25-24-14-17-8-5-6-12-21(17)27(29)30/h2-14H,15H2,1H3,(H,25,28)/b24-14-. The summed E-state index contributed by atoms with van der Waals surface area (Å²) >= 11 is 6.18. The largest absolute Gasteiger partial charge is 0.278 e. The second-order valence-electron chi connectivity index (χ2n) is 6.82. The van der Waals surface area contributed by atoms with Gasteiger partial charge in [0.15, 0.2) is 0 Å². The van der Waals surface area contributed by atoms with E-state index < -0.39 is 27.4 Å². The van der Waals surface area contributed by atoms with Crippen molar-refractivity contribution in [2.75, 3.05) is 10.8 Å². The van der Waals surface area contributed by atoms with Gasteiger partial charge in [-0.2, -0.15) is 5.10 Å². The average Bonchev–Trinajstić information content (AvgIpc) is 2.80. The van der Waals surface area contributed by atoms with Crippen LogP contribution in [0.4, 0.5) is 11.4 Å². The molecule has 3 aromatic rings. The molecule has 0 aromatic heterocycles. The fourth-order valence-electron chi connectivity index (χ4n) is 2.99. The Balaban J connectivity index is 1.89. The maximum atomic E-state index is 13.3. The van der Waals surface area contributed by atoms with Crippen LogP contribution in [0.1, 0.15) is 11.1 Å². The van der Waals surface area contributed by atoms with Gasteiger partial charge in [-0.1, -0.05) is 48.0 Å². The summed E-state index contributed by atoms with van der Waals surface area (Å²) in [5, 5.41) is 15.2. The van der Waals surface area contributed by atoms with E-state index in [1.54, 1.807) is 49.4 Å². The number of benzene rings is 3. The molecule has 33 heavy (non-hydrogen) atoms. The highest BCUT2D eigenvalue weighted by molar-refractivity contribution is 7.92. The van der Waals surface area contributed by atoms with Crippen molar-refractivity contribution in [3.63, 3.8) is 0 Å². The fourth-order valence-corrected chi connectivity index (χ4v) is 4.66. The number of sulfonamides is 1. The number of carbonyl (C=O) groups excluding carboxylic acids is 1. The van der Waals surface area contributed by atoms with Gasteiger partial charge in [0.25, 0.3) is 21.6 Å². The first-order chi connectivity index (χ1) is 15.7. The number of carbonyl (C=O) groups is 1. The van der Waals surface area contributed by atoms with Crippen LogP contribution in [0.3, 0.4) is 0 Å². The number of rotatable bonds is 8. The van der Waals surface area contributed by atoms with Crippen molar-refractivity contribution < 1.29 is 18.1 Å². The van der Waals surface area contributed by atoms with Gasteiger partial charge in [0, 0.05) is 11.1 Å². The van der Waals surface area contributed by atoms with Crippen LogP contribution >= 0.6 is 11.6 Å². The molecule has 0 bridgehead atoms. The maximum absolute atomic E-state index is 13.3. The predicted octanol–water partition coefficient (Wildman–Crippen LogP) is 3.90. The lowest BCUT2D eigenvalue weighted by molar-refractivity contribution is -0.385. The third-order valence-corrected chi connectivity index (χ3v) is 6.84. The number of amides is 1. The Labute approximate surface area is 195 Å². The second-order valence-corrected chi connectivity index (χ2v) is 9.09. The van der Waals surface area contributed by atoms with E-state index in [1.165, 1.54) is 30.3 Å². The van der Waals surface area contributed by atoms with Crippen molar-refractivity contribution in [1.82, 2.24) is 5.43 Å². The van der Waals surface area contributed by atoms with Crippen molar-refractivity contribution >= 4 is 45.1 Å². The molecule has 1 N–H and O–H groups in total. The number of para-hydroxylation sites is 1. The summed E-state index contributed by atoms with van der Waals surface area (Å²) in [6, 6.07) is 18.3. The number of anilines is 1. The summed E-state index contributed by atoms with van der Waals surface area (Å²) in [6.45, 7) is 1.06. The number of hydrogen-bond donors (Lipinski definition) is 1. The van der Waals surface area contributed by atoms with E-state index in [-0.39, 0.29) is 21.8 Å². The molecule has 0 unspecified atom stereocenters. The lowest BCUT2D eigenvalue weighted by Gasteiger charge is -2.25.